The number of amides is 1. The fourth-order valence-corrected chi connectivity index (χ4v) is 2.13. The van der Waals surface area contributed by atoms with Gasteiger partial charge in [-0.3, -0.25) is 4.79 Å². The Balaban J connectivity index is 1.92. The molecule has 4 N–H and O–H groups in total. The lowest BCUT2D eigenvalue weighted by Crippen LogP contribution is -2.80. The van der Waals surface area contributed by atoms with E-state index < -0.39 is 5.91 Å². The molecule has 0 bridgehead atoms. The molecule has 0 aliphatic heterocycles. The van der Waals surface area contributed by atoms with E-state index in [0.29, 0.717) is 11.5 Å². The normalized spacial score (nSPS) is 10.2. The maximum absolute atomic E-state index is 10.8. The van der Waals surface area contributed by atoms with Crippen LogP contribution in [0.5, 0.6) is 11.5 Å². The molecular formula is C17H21N2O3+. The Morgan fingerprint density at radius 1 is 1.05 bits per heavy atom. The molecule has 0 heterocycles. The number of primary amides is 1. The van der Waals surface area contributed by atoms with E-state index >= 15 is 0 Å². The second-order valence-corrected chi connectivity index (χ2v) is 4.92. The van der Waals surface area contributed by atoms with Gasteiger partial charge in [-0.2, -0.15) is 0 Å². The van der Waals surface area contributed by atoms with E-state index in [1.165, 1.54) is 5.56 Å². The topological polar surface area (TPSA) is 78.2 Å². The second kappa shape index (κ2) is 8.05. The first kappa shape index (κ1) is 15.9. The molecule has 2 rings (SSSR count). The summed E-state index contributed by atoms with van der Waals surface area (Å²) in [5.41, 5.74) is 7.49. The van der Waals surface area contributed by atoms with Gasteiger partial charge in [-0.1, -0.05) is 30.3 Å². The average Bonchev–Trinajstić information content (AvgIpc) is 2.54. The van der Waals surface area contributed by atoms with Crippen molar-refractivity contribution in [2.75, 3.05) is 13.7 Å². The van der Waals surface area contributed by atoms with Crippen molar-refractivity contribution in [2.45, 2.75) is 13.1 Å². The van der Waals surface area contributed by atoms with Crippen LogP contribution in [0, 0.1) is 0 Å². The van der Waals surface area contributed by atoms with Crippen LogP contribution in [0.15, 0.2) is 48.5 Å². The van der Waals surface area contributed by atoms with Crippen LogP contribution in [0.2, 0.25) is 0 Å². The summed E-state index contributed by atoms with van der Waals surface area (Å²) >= 11 is 0. The Kier molecular flexibility index (Phi) is 5.80. The SMILES string of the molecule is COc1cc(C[NH2+]Cc2ccccc2)ccc1OCC(N)=O. The van der Waals surface area contributed by atoms with Gasteiger partial charge < -0.3 is 20.5 Å². The minimum Gasteiger partial charge on any atom is -0.493 e. The van der Waals surface area contributed by atoms with Crippen molar-refractivity contribution in [3.8, 4) is 11.5 Å². The summed E-state index contributed by atoms with van der Waals surface area (Å²) in [6, 6.07) is 16.0. The number of quaternary nitrogens is 1. The highest BCUT2D eigenvalue weighted by atomic mass is 16.5. The van der Waals surface area contributed by atoms with Crippen LogP contribution in [-0.4, -0.2) is 19.6 Å². The van der Waals surface area contributed by atoms with Gasteiger partial charge in [-0.05, 0) is 18.2 Å². The summed E-state index contributed by atoms with van der Waals surface area (Å²) in [5.74, 6) is 0.613. The van der Waals surface area contributed by atoms with E-state index in [1.807, 2.05) is 30.3 Å². The number of nitrogens with two attached hydrogens (primary N) is 2. The van der Waals surface area contributed by atoms with Gasteiger partial charge in [0.15, 0.2) is 18.1 Å². The number of methoxy groups -OCH3 is 1. The first-order valence-electron chi connectivity index (χ1n) is 7.12. The molecule has 0 saturated carbocycles. The van der Waals surface area contributed by atoms with E-state index in [2.05, 4.69) is 17.4 Å². The molecule has 0 aliphatic carbocycles. The lowest BCUT2D eigenvalue weighted by Gasteiger charge is -2.11. The summed E-state index contributed by atoms with van der Waals surface area (Å²) in [4.78, 5) is 10.8. The van der Waals surface area contributed by atoms with Crippen molar-refractivity contribution in [3.05, 3.63) is 59.7 Å². The highest BCUT2D eigenvalue weighted by molar-refractivity contribution is 5.75. The Hall–Kier alpha value is -2.53. The Labute approximate surface area is 130 Å². The second-order valence-electron chi connectivity index (χ2n) is 4.92. The fourth-order valence-electron chi connectivity index (χ4n) is 2.13. The smallest absolute Gasteiger partial charge is 0.255 e. The molecule has 0 unspecified atom stereocenters. The van der Waals surface area contributed by atoms with E-state index in [9.17, 15) is 4.79 Å². The lowest BCUT2D eigenvalue weighted by atomic mass is 10.2. The Bertz CT molecular complexity index is 615. The molecule has 0 aliphatic rings. The van der Waals surface area contributed by atoms with Crippen molar-refractivity contribution in [3.63, 3.8) is 0 Å². The van der Waals surface area contributed by atoms with Crippen molar-refractivity contribution < 1.29 is 19.6 Å². The zero-order valence-electron chi connectivity index (χ0n) is 12.6. The molecule has 0 saturated heterocycles. The number of carbonyl (C=O) groups is 1. The lowest BCUT2D eigenvalue weighted by molar-refractivity contribution is -0.686. The van der Waals surface area contributed by atoms with Gasteiger partial charge in [0, 0.05) is 11.1 Å². The molecule has 2 aromatic rings. The van der Waals surface area contributed by atoms with Crippen molar-refractivity contribution in [2.24, 2.45) is 5.73 Å². The molecule has 1 amide bonds. The third kappa shape index (κ3) is 4.79. The quantitative estimate of drug-likeness (QED) is 0.758. The molecular weight excluding hydrogens is 280 g/mol. The molecule has 0 atom stereocenters. The average molecular weight is 301 g/mol. The maximum atomic E-state index is 10.8. The van der Waals surface area contributed by atoms with E-state index in [0.717, 1.165) is 18.7 Å². The van der Waals surface area contributed by atoms with Crippen LogP contribution in [0.4, 0.5) is 0 Å². The van der Waals surface area contributed by atoms with Crippen LogP contribution in [0.3, 0.4) is 0 Å². The molecule has 0 aromatic heterocycles. The molecule has 2 aromatic carbocycles. The third-order valence-electron chi connectivity index (χ3n) is 3.20. The third-order valence-corrected chi connectivity index (χ3v) is 3.20. The monoisotopic (exact) mass is 301 g/mol. The summed E-state index contributed by atoms with van der Waals surface area (Å²) in [6.45, 7) is 1.60. The van der Waals surface area contributed by atoms with Gasteiger partial charge in [-0.15, -0.1) is 0 Å². The Morgan fingerprint density at radius 2 is 1.77 bits per heavy atom. The summed E-state index contributed by atoms with van der Waals surface area (Å²) < 4.78 is 10.6. The standard InChI is InChI=1S/C17H20N2O3/c1-21-16-9-14(7-8-15(16)22-12-17(18)20)11-19-10-13-5-3-2-4-6-13/h2-9,19H,10-12H2,1H3,(H2,18,20)/p+1. The number of ether oxygens (including phenoxy) is 2. The largest absolute Gasteiger partial charge is 0.493 e. The van der Waals surface area contributed by atoms with E-state index in [4.69, 9.17) is 15.2 Å². The van der Waals surface area contributed by atoms with Gasteiger partial charge in [0.2, 0.25) is 0 Å². The molecule has 5 heteroatoms. The number of hydrogen-bond donors (Lipinski definition) is 2. The number of hydrogen-bond acceptors (Lipinski definition) is 3. The fraction of sp³-hybridized carbons (Fsp3) is 0.235. The molecule has 0 fully saturated rings. The van der Waals surface area contributed by atoms with Crippen LogP contribution in [0.25, 0.3) is 0 Å². The predicted molar refractivity (Wildman–Crippen MR) is 83.5 cm³/mol. The molecule has 0 radical (unpaired) electrons. The molecule has 5 nitrogen and oxygen atoms in total. The van der Waals surface area contributed by atoms with Gasteiger partial charge in [0.1, 0.15) is 13.1 Å². The Morgan fingerprint density at radius 3 is 2.45 bits per heavy atom. The first-order chi connectivity index (χ1) is 10.7. The van der Waals surface area contributed by atoms with Crippen LogP contribution >= 0.6 is 0 Å². The minimum atomic E-state index is -0.512. The first-order valence-corrected chi connectivity index (χ1v) is 7.12. The number of benzene rings is 2. The van der Waals surface area contributed by atoms with Crippen LogP contribution < -0.4 is 20.5 Å². The molecule has 116 valence electrons. The van der Waals surface area contributed by atoms with Gasteiger partial charge in [0.25, 0.3) is 5.91 Å². The number of rotatable bonds is 8. The summed E-state index contributed by atoms with van der Waals surface area (Å²) in [6.07, 6.45) is 0. The predicted octanol–water partition coefficient (Wildman–Crippen LogP) is 0.823. The highest BCUT2D eigenvalue weighted by Crippen LogP contribution is 2.27. The summed E-state index contributed by atoms with van der Waals surface area (Å²) in [7, 11) is 1.57. The zero-order valence-corrected chi connectivity index (χ0v) is 12.6. The number of carbonyl (C=O) groups excluding carboxylic acids is 1. The minimum absolute atomic E-state index is 0.157. The van der Waals surface area contributed by atoms with Gasteiger partial charge in [0.05, 0.1) is 7.11 Å². The van der Waals surface area contributed by atoms with Gasteiger partial charge in [-0.25, -0.2) is 0 Å². The van der Waals surface area contributed by atoms with E-state index in [1.54, 1.807) is 13.2 Å². The van der Waals surface area contributed by atoms with Crippen LogP contribution in [-0.2, 0) is 17.9 Å². The summed E-state index contributed by atoms with van der Waals surface area (Å²) in [5, 5.41) is 2.22. The van der Waals surface area contributed by atoms with Gasteiger partial charge >= 0.3 is 0 Å². The van der Waals surface area contributed by atoms with Crippen LogP contribution in [0.1, 0.15) is 11.1 Å². The van der Waals surface area contributed by atoms with E-state index in [-0.39, 0.29) is 6.61 Å². The van der Waals surface area contributed by atoms with Crippen molar-refractivity contribution in [1.82, 2.24) is 0 Å². The highest BCUT2D eigenvalue weighted by Gasteiger charge is 2.08. The molecule has 22 heavy (non-hydrogen) atoms. The van der Waals surface area contributed by atoms with Crippen molar-refractivity contribution >= 4 is 5.91 Å². The maximum Gasteiger partial charge on any atom is 0.255 e. The molecule has 0 spiro atoms. The zero-order chi connectivity index (χ0) is 15.8. The van der Waals surface area contributed by atoms with Crippen molar-refractivity contribution in [1.29, 1.82) is 0 Å².